The highest BCUT2D eigenvalue weighted by Crippen LogP contribution is 2.27. The first kappa shape index (κ1) is 18.7. The minimum Gasteiger partial charge on any atom is -0.468 e. The fraction of sp³-hybridized carbons (Fsp3) is 0.200. The molecule has 136 valence electrons. The normalized spacial score (nSPS) is 11.8. The average molecular weight is 390 g/mol. The fourth-order valence-corrected chi connectivity index (χ4v) is 4.57. The predicted molar refractivity (Wildman–Crippen MR) is 102 cm³/mol. The van der Waals surface area contributed by atoms with Crippen LogP contribution in [-0.2, 0) is 29.5 Å². The van der Waals surface area contributed by atoms with Crippen LogP contribution in [0.15, 0.2) is 76.2 Å². The Labute approximate surface area is 159 Å². The summed E-state index contributed by atoms with van der Waals surface area (Å²) in [6.45, 7) is 2.45. The van der Waals surface area contributed by atoms with Crippen LogP contribution in [0.5, 0.6) is 0 Å². The molecule has 0 amide bonds. The molecule has 0 unspecified atom stereocenters. The lowest BCUT2D eigenvalue weighted by molar-refractivity contribution is 0.358. The first-order chi connectivity index (χ1) is 12.5. The second kappa shape index (κ2) is 8.08. The summed E-state index contributed by atoms with van der Waals surface area (Å²) in [7, 11) is -3.78. The molecule has 2 aromatic carbocycles. The number of nitrogens with zero attached hydrogens (tertiary/aromatic N) is 1. The third kappa shape index (κ3) is 4.18. The molecule has 0 aliphatic heterocycles. The summed E-state index contributed by atoms with van der Waals surface area (Å²) in [4.78, 5) is 0.0957. The van der Waals surface area contributed by atoms with Gasteiger partial charge < -0.3 is 4.42 Å². The first-order valence-corrected chi connectivity index (χ1v) is 10.2. The summed E-state index contributed by atoms with van der Waals surface area (Å²) in [5.74, 6) is 0.575. The van der Waals surface area contributed by atoms with Gasteiger partial charge in [-0.1, -0.05) is 54.9 Å². The Kier molecular flexibility index (Phi) is 5.81. The molecule has 0 aliphatic rings. The zero-order chi connectivity index (χ0) is 18.6. The van der Waals surface area contributed by atoms with Crippen molar-refractivity contribution in [2.75, 3.05) is 0 Å². The molecule has 0 spiro atoms. The van der Waals surface area contributed by atoms with E-state index in [-0.39, 0.29) is 23.0 Å². The van der Waals surface area contributed by atoms with Crippen molar-refractivity contribution in [2.45, 2.75) is 31.3 Å². The second-order valence-electron chi connectivity index (χ2n) is 5.95. The molecule has 26 heavy (non-hydrogen) atoms. The summed E-state index contributed by atoms with van der Waals surface area (Å²) in [6, 6.07) is 17.9. The van der Waals surface area contributed by atoms with E-state index < -0.39 is 10.0 Å². The van der Waals surface area contributed by atoms with Gasteiger partial charge in [0.1, 0.15) is 10.7 Å². The molecule has 0 saturated heterocycles. The second-order valence-corrected chi connectivity index (χ2v) is 8.27. The van der Waals surface area contributed by atoms with E-state index in [1.807, 2.05) is 24.3 Å². The molecule has 6 heteroatoms. The van der Waals surface area contributed by atoms with Crippen molar-refractivity contribution >= 4 is 21.6 Å². The van der Waals surface area contributed by atoms with Crippen molar-refractivity contribution in [3.05, 3.63) is 88.8 Å². The molecule has 3 aromatic rings. The minimum atomic E-state index is -3.78. The van der Waals surface area contributed by atoms with Crippen molar-refractivity contribution < 1.29 is 12.8 Å². The lowest BCUT2D eigenvalue weighted by Crippen LogP contribution is -2.30. The van der Waals surface area contributed by atoms with Crippen molar-refractivity contribution in [1.29, 1.82) is 0 Å². The molecule has 0 bridgehead atoms. The molecule has 0 N–H and O–H groups in total. The summed E-state index contributed by atoms with van der Waals surface area (Å²) in [5, 5.41) is 0.207. The van der Waals surface area contributed by atoms with Crippen molar-refractivity contribution in [3.63, 3.8) is 0 Å². The van der Waals surface area contributed by atoms with Crippen LogP contribution >= 0.6 is 11.6 Å². The summed E-state index contributed by atoms with van der Waals surface area (Å²) in [5.41, 5.74) is 2.12. The number of sulfonamides is 1. The largest absolute Gasteiger partial charge is 0.468 e. The maximum atomic E-state index is 13.2. The van der Waals surface area contributed by atoms with E-state index in [0.29, 0.717) is 5.76 Å². The Morgan fingerprint density at radius 2 is 1.62 bits per heavy atom. The van der Waals surface area contributed by atoms with Gasteiger partial charge in [0.05, 0.1) is 17.8 Å². The smallest absolute Gasteiger partial charge is 0.245 e. The molecule has 0 fully saturated rings. The standard InChI is InChI=1S/C20H20ClNO3S/c1-2-16-9-11-17(12-10-16)14-22(15-18-6-5-13-25-18)26(23,24)20-8-4-3-7-19(20)21/h3-13H,2,14-15H2,1H3. The van der Waals surface area contributed by atoms with E-state index in [1.165, 1.54) is 22.2 Å². The number of halogens is 1. The van der Waals surface area contributed by atoms with Crippen LogP contribution in [-0.4, -0.2) is 12.7 Å². The van der Waals surface area contributed by atoms with Crippen molar-refractivity contribution in [3.8, 4) is 0 Å². The third-order valence-corrected chi connectivity index (χ3v) is 6.45. The van der Waals surface area contributed by atoms with Crippen molar-refractivity contribution in [2.24, 2.45) is 0 Å². The summed E-state index contributed by atoms with van der Waals surface area (Å²) in [6.07, 6.45) is 2.47. The summed E-state index contributed by atoms with van der Waals surface area (Å²) < 4.78 is 33.2. The Hall–Kier alpha value is -2.08. The van der Waals surface area contributed by atoms with Gasteiger partial charge in [0.15, 0.2) is 0 Å². The number of aryl methyl sites for hydroxylation is 1. The number of hydrogen-bond acceptors (Lipinski definition) is 3. The van der Waals surface area contributed by atoms with Crippen LogP contribution in [0.2, 0.25) is 5.02 Å². The van der Waals surface area contributed by atoms with Gasteiger partial charge in [0.25, 0.3) is 0 Å². The molecule has 0 aliphatic carbocycles. The predicted octanol–water partition coefficient (Wildman–Crippen LogP) is 4.89. The Morgan fingerprint density at radius 1 is 0.923 bits per heavy atom. The maximum Gasteiger partial charge on any atom is 0.245 e. The van der Waals surface area contributed by atoms with Crippen LogP contribution in [0.4, 0.5) is 0 Å². The van der Waals surface area contributed by atoms with E-state index in [2.05, 4.69) is 6.92 Å². The SMILES string of the molecule is CCc1ccc(CN(Cc2ccco2)S(=O)(=O)c2ccccc2Cl)cc1. The highest BCUT2D eigenvalue weighted by molar-refractivity contribution is 7.89. The number of furan rings is 1. The van der Waals surface area contributed by atoms with Gasteiger partial charge in [-0.3, -0.25) is 0 Å². The number of hydrogen-bond donors (Lipinski definition) is 0. The van der Waals surface area contributed by atoms with Crippen LogP contribution in [0.25, 0.3) is 0 Å². The average Bonchev–Trinajstić information content (AvgIpc) is 3.15. The maximum absolute atomic E-state index is 13.2. The van der Waals surface area contributed by atoms with E-state index in [9.17, 15) is 8.42 Å². The first-order valence-electron chi connectivity index (χ1n) is 8.35. The van der Waals surface area contributed by atoms with Gasteiger partial charge in [-0.05, 0) is 41.8 Å². The van der Waals surface area contributed by atoms with Gasteiger partial charge in [-0.15, -0.1) is 0 Å². The topological polar surface area (TPSA) is 50.5 Å². The van der Waals surface area contributed by atoms with E-state index in [1.54, 1.807) is 30.3 Å². The zero-order valence-electron chi connectivity index (χ0n) is 14.4. The minimum absolute atomic E-state index is 0.0957. The van der Waals surface area contributed by atoms with Gasteiger partial charge in [-0.25, -0.2) is 8.42 Å². The lowest BCUT2D eigenvalue weighted by atomic mass is 10.1. The number of rotatable bonds is 7. The number of benzene rings is 2. The fourth-order valence-electron chi connectivity index (χ4n) is 2.68. The lowest BCUT2D eigenvalue weighted by Gasteiger charge is -2.22. The quantitative estimate of drug-likeness (QED) is 0.578. The highest BCUT2D eigenvalue weighted by atomic mass is 35.5. The van der Waals surface area contributed by atoms with Crippen molar-refractivity contribution in [1.82, 2.24) is 4.31 Å². The monoisotopic (exact) mass is 389 g/mol. The van der Waals surface area contributed by atoms with Gasteiger partial charge in [0, 0.05) is 6.54 Å². The third-order valence-electron chi connectivity index (χ3n) is 4.16. The van der Waals surface area contributed by atoms with Gasteiger partial charge >= 0.3 is 0 Å². The molecule has 3 rings (SSSR count). The molecule has 4 nitrogen and oxygen atoms in total. The molecule has 0 saturated carbocycles. The van der Waals surface area contributed by atoms with E-state index in [4.69, 9.17) is 16.0 Å². The molecule has 0 radical (unpaired) electrons. The highest BCUT2D eigenvalue weighted by Gasteiger charge is 2.27. The van der Waals surface area contributed by atoms with Crippen LogP contribution < -0.4 is 0 Å². The molecular formula is C20H20ClNO3S. The van der Waals surface area contributed by atoms with Crippen LogP contribution in [0, 0.1) is 0 Å². The van der Waals surface area contributed by atoms with Crippen LogP contribution in [0.1, 0.15) is 23.8 Å². The van der Waals surface area contributed by atoms with Gasteiger partial charge in [0.2, 0.25) is 10.0 Å². The van der Waals surface area contributed by atoms with Crippen LogP contribution in [0.3, 0.4) is 0 Å². The Bertz CT molecular complexity index is 951. The Balaban J connectivity index is 1.95. The Morgan fingerprint density at radius 3 is 2.23 bits per heavy atom. The van der Waals surface area contributed by atoms with E-state index in [0.717, 1.165) is 12.0 Å². The molecule has 1 heterocycles. The van der Waals surface area contributed by atoms with Gasteiger partial charge in [-0.2, -0.15) is 4.31 Å². The summed E-state index contributed by atoms with van der Waals surface area (Å²) >= 11 is 6.15. The molecular weight excluding hydrogens is 370 g/mol. The van der Waals surface area contributed by atoms with E-state index >= 15 is 0 Å². The molecule has 0 atom stereocenters. The molecule has 1 aromatic heterocycles. The zero-order valence-corrected chi connectivity index (χ0v) is 16.0.